The summed E-state index contributed by atoms with van der Waals surface area (Å²) in [6, 6.07) is 14.4. The molecule has 2 aromatic carbocycles. The zero-order valence-corrected chi connectivity index (χ0v) is 11.2. The van der Waals surface area contributed by atoms with Gasteiger partial charge in [0.2, 0.25) is 0 Å². The molecule has 4 nitrogen and oxygen atoms in total. The number of hydrogen-bond acceptors (Lipinski definition) is 2. The molecule has 0 spiro atoms. The number of nitro benzene ring substituents is 1. The Morgan fingerprint density at radius 1 is 1.10 bits per heavy atom. The standard InChI is InChI=1S/C15H11ClN2O2/c16-13-4-1-11(2-5-13)10-17-8-7-12-3-6-14(18(19)20)9-15(12)17/h1-9H,10H2. The van der Waals surface area contributed by atoms with Crippen molar-refractivity contribution in [3.63, 3.8) is 0 Å². The lowest BCUT2D eigenvalue weighted by Crippen LogP contribution is -1.98. The first-order valence-corrected chi connectivity index (χ1v) is 6.49. The quantitative estimate of drug-likeness (QED) is 0.534. The van der Waals surface area contributed by atoms with E-state index in [1.54, 1.807) is 12.1 Å². The lowest BCUT2D eigenvalue weighted by atomic mass is 10.2. The summed E-state index contributed by atoms with van der Waals surface area (Å²) in [5, 5.41) is 12.5. The fourth-order valence-electron chi connectivity index (χ4n) is 2.21. The number of nitrogens with zero attached hydrogens (tertiary/aromatic N) is 2. The molecule has 0 bridgehead atoms. The van der Waals surface area contributed by atoms with E-state index in [1.165, 1.54) is 6.07 Å². The van der Waals surface area contributed by atoms with Crippen LogP contribution in [-0.4, -0.2) is 9.49 Å². The predicted molar refractivity (Wildman–Crippen MR) is 79.1 cm³/mol. The Kier molecular flexibility index (Phi) is 3.16. The maximum atomic E-state index is 10.9. The van der Waals surface area contributed by atoms with Crippen LogP contribution in [0.25, 0.3) is 10.9 Å². The van der Waals surface area contributed by atoms with E-state index in [4.69, 9.17) is 11.6 Å². The van der Waals surface area contributed by atoms with E-state index in [0.29, 0.717) is 11.6 Å². The van der Waals surface area contributed by atoms with Gasteiger partial charge in [-0.05, 0) is 29.8 Å². The SMILES string of the molecule is O=[N+]([O-])c1ccc2ccn(Cc3ccc(Cl)cc3)c2c1. The van der Waals surface area contributed by atoms with Crippen LogP contribution in [0.4, 0.5) is 5.69 Å². The summed E-state index contributed by atoms with van der Waals surface area (Å²) in [5.41, 5.74) is 2.06. The molecule has 0 amide bonds. The average Bonchev–Trinajstić information content (AvgIpc) is 2.84. The molecule has 1 aromatic heterocycles. The van der Waals surface area contributed by atoms with Crippen LogP contribution in [0.5, 0.6) is 0 Å². The maximum Gasteiger partial charge on any atom is 0.271 e. The molecule has 0 aliphatic carbocycles. The maximum absolute atomic E-state index is 10.9. The number of halogens is 1. The number of non-ortho nitro benzene ring substituents is 1. The van der Waals surface area contributed by atoms with Crippen LogP contribution in [0.3, 0.4) is 0 Å². The van der Waals surface area contributed by atoms with Crippen molar-refractivity contribution in [1.82, 2.24) is 4.57 Å². The van der Waals surface area contributed by atoms with Gasteiger partial charge in [-0.2, -0.15) is 0 Å². The van der Waals surface area contributed by atoms with E-state index >= 15 is 0 Å². The zero-order valence-electron chi connectivity index (χ0n) is 10.5. The summed E-state index contributed by atoms with van der Waals surface area (Å²) in [6.45, 7) is 0.655. The molecule has 1 heterocycles. The molecule has 0 fully saturated rings. The fraction of sp³-hybridized carbons (Fsp3) is 0.0667. The molecule has 100 valence electrons. The topological polar surface area (TPSA) is 48.1 Å². The third-order valence-corrected chi connectivity index (χ3v) is 3.49. The monoisotopic (exact) mass is 286 g/mol. The van der Waals surface area contributed by atoms with Crippen LogP contribution >= 0.6 is 11.6 Å². The minimum absolute atomic E-state index is 0.105. The lowest BCUT2D eigenvalue weighted by Gasteiger charge is -2.06. The van der Waals surface area contributed by atoms with Crippen molar-refractivity contribution in [1.29, 1.82) is 0 Å². The molecule has 0 N–H and O–H groups in total. The Balaban J connectivity index is 2.00. The third kappa shape index (κ3) is 2.38. The number of fused-ring (bicyclic) bond motifs is 1. The zero-order chi connectivity index (χ0) is 14.1. The van der Waals surface area contributed by atoms with Gasteiger partial charge < -0.3 is 4.57 Å². The van der Waals surface area contributed by atoms with Crippen molar-refractivity contribution < 1.29 is 4.92 Å². The van der Waals surface area contributed by atoms with Gasteiger partial charge in [0.25, 0.3) is 5.69 Å². The smallest absolute Gasteiger partial charge is 0.271 e. The first-order valence-electron chi connectivity index (χ1n) is 6.11. The van der Waals surface area contributed by atoms with Gasteiger partial charge in [-0.1, -0.05) is 23.7 Å². The predicted octanol–water partition coefficient (Wildman–Crippen LogP) is 4.25. The summed E-state index contributed by atoms with van der Waals surface area (Å²) in [7, 11) is 0. The van der Waals surface area contributed by atoms with Crippen molar-refractivity contribution in [2.75, 3.05) is 0 Å². The number of rotatable bonds is 3. The highest BCUT2D eigenvalue weighted by molar-refractivity contribution is 6.30. The van der Waals surface area contributed by atoms with Gasteiger partial charge in [-0.3, -0.25) is 10.1 Å². The molecule has 3 aromatic rings. The van der Waals surface area contributed by atoms with Crippen molar-refractivity contribution in [2.24, 2.45) is 0 Å². The number of hydrogen-bond donors (Lipinski definition) is 0. The van der Waals surface area contributed by atoms with Gasteiger partial charge in [0.05, 0.1) is 10.4 Å². The van der Waals surface area contributed by atoms with Crippen LogP contribution in [0, 0.1) is 10.1 Å². The molecule has 0 unspecified atom stereocenters. The fourth-order valence-corrected chi connectivity index (χ4v) is 2.34. The van der Waals surface area contributed by atoms with Gasteiger partial charge in [-0.25, -0.2) is 0 Å². The first-order chi connectivity index (χ1) is 9.63. The average molecular weight is 287 g/mol. The molecule has 0 radical (unpaired) electrons. The Bertz CT molecular complexity index is 778. The van der Waals surface area contributed by atoms with Crippen molar-refractivity contribution in [2.45, 2.75) is 6.54 Å². The van der Waals surface area contributed by atoms with Crippen LogP contribution in [-0.2, 0) is 6.54 Å². The van der Waals surface area contributed by atoms with Crippen LogP contribution in [0.1, 0.15) is 5.56 Å². The Hall–Kier alpha value is -2.33. The van der Waals surface area contributed by atoms with Gasteiger partial charge in [-0.15, -0.1) is 0 Å². The van der Waals surface area contributed by atoms with Crippen molar-refractivity contribution in [3.05, 3.63) is 75.4 Å². The van der Waals surface area contributed by atoms with E-state index < -0.39 is 0 Å². The Morgan fingerprint density at radius 2 is 1.85 bits per heavy atom. The normalized spacial score (nSPS) is 10.8. The second-order valence-corrected chi connectivity index (χ2v) is 5.01. The minimum Gasteiger partial charge on any atom is -0.343 e. The summed E-state index contributed by atoms with van der Waals surface area (Å²) in [4.78, 5) is 10.5. The molecule has 0 aliphatic rings. The van der Waals surface area contributed by atoms with E-state index in [2.05, 4.69) is 0 Å². The number of nitro groups is 1. The summed E-state index contributed by atoms with van der Waals surface area (Å²) < 4.78 is 1.99. The van der Waals surface area contributed by atoms with Crippen molar-refractivity contribution >= 4 is 28.2 Å². The van der Waals surface area contributed by atoms with Crippen molar-refractivity contribution in [3.8, 4) is 0 Å². The molecule has 0 saturated carbocycles. The molecule has 0 atom stereocenters. The van der Waals surface area contributed by atoms with E-state index in [-0.39, 0.29) is 10.6 Å². The highest BCUT2D eigenvalue weighted by Gasteiger charge is 2.09. The van der Waals surface area contributed by atoms with Gasteiger partial charge >= 0.3 is 0 Å². The Labute approximate surface area is 120 Å². The molecule has 3 rings (SSSR count). The van der Waals surface area contributed by atoms with Gasteiger partial charge in [0.15, 0.2) is 0 Å². The molecule has 0 aliphatic heterocycles. The molecular weight excluding hydrogens is 276 g/mol. The Morgan fingerprint density at radius 3 is 2.55 bits per heavy atom. The molecular formula is C15H11ClN2O2. The summed E-state index contributed by atoms with van der Waals surface area (Å²) in [5.74, 6) is 0. The summed E-state index contributed by atoms with van der Waals surface area (Å²) >= 11 is 5.86. The summed E-state index contributed by atoms with van der Waals surface area (Å²) in [6.07, 6.45) is 1.93. The third-order valence-electron chi connectivity index (χ3n) is 3.23. The van der Waals surface area contributed by atoms with E-state index in [0.717, 1.165) is 16.5 Å². The minimum atomic E-state index is -0.376. The van der Waals surface area contributed by atoms with Gasteiger partial charge in [0, 0.05) is 35.3 Å². The highest BCUT2D eigenvalue weighted by Crippen LogP contribution is 2.23. The highest BCUT2D eigenvalue weighted by atomic mass is 35.5. The molecule has 5 heteroatoms. The molecule has 0 saturated heterocycles. The molecule has 20 heavy (non-hydrogen) atoms. The lowest BCUT2D eigenvalue weighted by molar-refractivity contribution is -0.384. The van der Waals surface area contributed by atoms with E-state index in [9.17, 15) is 10.1 Å². The largest absolute Gasteiger partial charge is 0.343 e. The van der Waals surface area contributed by atoms with Crippen LogP contribution in [0.2, 0.25) is 5.02 Å². The number of benzene rings is 2. The van der Waals surface area contributed by atoms with Gasteiger partial charge in [0.1, 0.15) is 0 Å². The number of aromatic nitrogens is 1. The van der Waals surface area contributed by atoms with Crippen LogP contribution in [0.15, 0.2) is 54.7 Å². The van der Waals surface area contributed by atoms with Crippen LogP contribution < -0.4 is 0 Å². The van der Waals surface area contributed by atoms with E-state index in [1.807, 2.05) is 41.1 Å². The second kappa shape index (κ2) is 4.98. The first kappa shape index (κ1) is 12.7. The second-order valence-electron chi connectivity index (χ2n) is 4.57.